The maximum absolute atomic E-state index is 11.4. The number of hydrogen-bond acceptors (Lipinski definition) is 4. The van der Waals surface area contributed by atoms with Gasteiger partial charge < -0.3 is 10.2 Å². The minimum atomic E-state index is -4.52. The van der Waals surface area contributed by atoms with Crippen LogP contribution < -0.4 is 0 Å². The second-order valence-corrected chi connectivity index (χ2v) is 6.77. The number of carboxylic acids is 2. The average Bonchev–Trinajstić information content (AvgIpc) is 2.34. The fourth-order valence-corrected chi connectivity index (χ4v) is 3.39. The predicted octanol–water partition coefficient (Wildman–Crippen LogP) is 2.17. The number of carboxylic acid groups (broad SMARTS) is 2. The van der Waals surface area contributed by atoms with Crippen molar-refractivity contribution in [3.8, 4) is 0 Å². The van der Waals surface area contributed by atoms with Crippen LogP contribution in [0.2, 0.25) is 0 Å². The quantitative estimate of drug-likeness (QED) is 0.370. The van der Waals surface area contributed by atoms with E-state index in [1.54, 1.807) is 0 Å². The number of aliphatic carboxylic acids is 2. The smallest absolute Gasteiger partial charge is 0.307 e. The van der Waals surface area contributed by atoms with E-state index in [2.05, 4.69) is 0 Å². The van der Waals surface area contributed by atoms with Crippen molar-refractivity contribution < 1.29 is 32.8 Å². The topological polar surface area (TPSA) is 129 Å². The number of unbranched alkanes of at least 4 members (excludes halogenated alkanes) is 4. The Balaban J connectivity index is 4.75. The van der Waals surface area contributed by atoms with Crippen molar-refractivity contribution in [2.24, 2.45) is 5.92 Å². The summed E-state index contributed by atoms with van der Waals surface area (Å²) in [5, 5.41) is 16.2. The van der Waals surface area contributed by atoms with E-state index in [9.17, 15) is 22.6 Å². The SMILES string of the molecule is CCCCCCCC(C(CCC(=O)O)C(=O)O)S(=O)(=O)O. The van der Waals surface area contributed by atoms with Gasteiger partial charge >= 0.3 is 11.9 Å². The normalized spacial score (nSPS) is 14.6. The molecule has 8 heteroatoms. The molecule has 21 heavy (non-hydrogen) atoms. The molecule has 7 nitrogen and oxygen atoms in total. The Morgan fingerprint density at radius 2 is 1.57 bits per heavy atom. The lowest BCUT2D eigenvalue weighted by molar-refractivity contribution is -0.143. The summed E-state index contributed by atoms with van der Waals surface area (Å²) in [6, 6.07) is 0. The van der Waals surface area contributed by atoms with Gasteiger partial charge in [-0.3, -0.25) is 14.1 Å². The molecular weight excluding hydrogens is 300 g/mol. The Morgan fingerprint density at radius 1 is 1.00 bits per heavy atom. The van der Waals surface area contributed by atoms with Gasteiger partial charge in [0.15, 0.2) is 0 Å². The highest BCUT2D eigenvalue weighted by Gasteiger charge is 2.36. The fourth-order valence-electron chi connectivity index (χ4n) is 2.25. The zero-order valence-electron chi connectivity index (χ0n) is 12.2. The molecule has 0 spiro atoms. The summed E-state index contributed by atoms with van der Waals surface area (Å²) in [5.74, 6) is -3.99. The molecule has 0 saturated heterocycles. The van der Waals surface area contributed by atoms with Crippen LogP contribution in [0, 0.1) is 5.92 Å². The maximum Gasteiger partial charge on any atom is 0.307 e. The Hall–Kier alpha value is -1.15. The lowest BCUT2D eigenvalue weighted by atomic mass is 9.95. The predicted molar refractivity (Wildman–Crippen MR) is 76.7 cm³/mol. The second-order valence-electron chi connectivity index (χ2n) is 5.13. The first-order valence-corrected chi connectivity index (χ1v) is 8.61. The van der Waals surface area contributed by atoms with Crippen LogP contribution in [0.5, 0.6) is 0 Å². The molecule has 0 aliphatic carbocycles. The van der Waals surface area contributed by atoms with Crippen molar-refractivity contribution in [1.82, 2.24) is 0 Å². The van der Waals surface area contributed by atoms with Gasteiger partial charge in [0.2, 0.25) is 0 Å². The van der Waals surface area contributed by atoms with Crippen LogP contribution >= 0.6 is 0 Å². The highest BCUT2D eigenvalue weighted by atomic mass is 32.2. The Labute approximate surface area is 125 Å². The molecule has 0 radical (unpaired) electrons. The molecule has 2 atom stereocenters. The second kappa shape index (κ2) is 9.73. The van der Waals surface area contributed by atoms with Crippen LogP contribution in [0.1, 0.15) is 58.3 Å². The van der Waals surface area contributed by atoms with Crippen LogP contribution in [0.25, 0.3) is 0 Å². The van der Waals surface area contributed by atoms with Gasteiger partial charge in [-0.1, -0.05) is 39.0 Å². The first-order valence-electron chi connectivity index (χ1n) is 7.11. The van der Waals surface area contributed by atoms with E-state index < -0.39 is 39.6 Å². The van der Waals surface area contributed by atoms with Gasteiger partial charge in [0.25, 0.3) is 10.1 Å². The van der Waals surface area contributed by atoms with Crippen molar-refractivity contribution in [2.75, 3.05) is 0 Å². The van der Waals surface area contributed by atoms with Crippen LogP contribution in [0.4, 0.5) is 0 Å². The standard InChI is InChI=1S/C13H24O7S/c1-2-3-4-5-6-7-11(21(18,19)20)10(13(16)17)8-9-12(14)15/h10-11H,2-9H2,1H3,(H,14,15)(H,16,17)(H,18,19,20). The van der Waals surface area contributed by atoms with Gasteiger partial charge in [0, 0.05) is 6.42 Å². The summed E-state index contributed by atoms with van der Waals surface area (Å²) in [5.41, 5.74) is 0. The van der Waals surface area contributed by atoms with E-state index in [1.165, 1.54) is 0 Å². The number of carbonyl (C=O) groups is 2. The van der Waals surface area contributed by atoms with Gasteiger partial charge in [0.05, 0.1) is 11.2 Å². The third-order valence-corrected chi connectivity index (χ3v) is 4.74. The molecule has 0 aromatic rings. The Kier molecular flexibility index (Phi) is 9.19. The fraction of sp³-hybridized carbons (Fsp3) is 0.846. The third kappa shape index (κ3) is 8.67. The van der Waals surface area contributed by atoms with Gasteiger partial charge in [-0.2, -0.15) is 8.42 Å². The minimum Gasteiger partial charge on any atom is -0.481 e. The first-order chi connectivity index (χ1) is 9.70. The lowest BCUT2D eigenvalue weighted by Gasteiger charge is -2.20. The highest BCUT2D eigenvalue weighted by Crippen LogP contribution is 2.24. The average molecular weight is 324 g/mol. The molecular formula is C13H24O7S. The van der Waals surface area contributed by atoms with E-state index in [0.717, 1.165) is 25.7 Å². The molecule has 0 fully saturated rings. The summed E-state index contributed by atoms with van der Waals surface area (Å²) >= 11 is 0. The van der Waals surface area contributed by atoms with E-state index >= 15 is 0 Å². The lowest BCUT2D eigenvalue weighted by Crippen LogP contribution is -2.35. The molecule has 0 aliphatic rings. The maximum atomic E-state index is 11.4. The van der Waals surface area contributed by atoms with E-state index in [1.807, 2.05) is 6.92 Å². The van der Waals surface area contributed by atoms with Crippen molar-refractivity contribution in [1.29, 1.82) is 0 Å². The summed E-state index contributed by atoms with van der Waals surface area (Å²) in [6.45, 7) is 2.04. The Morgan fingerprint density at radius 3 is 2.00 bits per heavy atom. The van der Waals surface area contributed by atoms with Crippen molar-refractivity contribution in [3.05, 3.63) is 0 Å². The van der Waals surface area contributed by atoms with Crippen LogP contribution in [-0.4, -0.2) is 40.4 Å². The molecule has 0 aromatic heterocycles. The van der Waals surface area contributed by atoms with Gasteiger partial charge in [-0.25, -0.2) is 0 Å². The van der Waals surface area contributed by atoms with Crippen LogP contribution in [-0.2, 0) is 19.7 Å². The van der Waals surface area contributed by atoms with Crippen molar-refractivity contribution >= 4 is 22.1 Å². The summed E-state index contributed by atoms with van der Waals surface area (Å²) < 4.78 is 32.0. The zero-order chi connectivity index (χ0) is 16.5. The minimum absolute atomic E-state index is 0.0269. The largest absolute Gasteiger partial charge is 0.481 e. The van der Waals surface area contributed by atoms with Crippen LogP contribution in [0.3, 0.4) is 0 Å². The van der Waals surface area contributed by atoms with E-state index in [-0.39, 0.29) is 12.8 Å². The van der Waals surface area contributed by atoms with Gasteiger partial charge in [-0.15, -0.1) is 0 Å². The summed E-state index contributed by atoms with van der Waals surface area (Å²) in [7, 11) is -4.52. The van der Waals surface area contributed by atoms with E-state index in [0.29, 0.717) is 6.42 Å². The highest BCUT2D eigenvalue weighted by molar-refractivity contribution is 7.86. The molecule has 0 aliphatic heterocycles. The van der Waals surface area contributed by atoms with Crippen molar-refractivity contribution in [3.63, 3.8) is 0 Å². The first kappa shape index (κ1) is 19.9. The summed E-state index contributed by atoms with van der Waals surface area (Å²) in [4.78, 5) is 21.7. The molecule has 0 amide bonds. The van der Waals surface area contributed by atoms with Gasteiger partial charge in [0.1, 0.15) is 0 Å². The monoisotopic (exact) mass is 324 g/mol. The third-order valence-electron chi connectivity index (χ3n) is 3.41. The zero-order valence-corrected chi connectivity index (χ0v) is 13.0. The molecule has 0 aromatic carbocycles. The molecule has 2 unspecified atom stereocenters. The Bertz CT molecular complexity index is 430. The van der Waals surface area contributed by atoms with Crippen LogP contribution in [0.15, 0.2) is 0 Å². The van der Waals surface area contributed by atoms with Crippen molar-refractivity contribution in [2.45, 2.75) is 63.5 Å². The molecule has 0 saturated carbocycles. The molecule has 0 rings (SSSR count). The van der Waals surface area contributed by atoms with Gasteiger partial charge in [-0.05, 0) is 12.8 Å². The molecule has 0 heterocycles. The number of hydrogen-bond donors (Lipinski definition) is 3. The molecule has 124 valence electrons. The molecule has 0 bridgehead atoms. The summed E-state index contributed by atoms with van der Waals surface area (Å²) in [6.07, 6.45) is 3.46. The molecule has 3 N–H and O–H groups in total. The van der Waals surface area contributed by atoms with E-state index in [4.69, 9.17) is 10.2 Å². The number of rotatable bonds is 12.